The second-order valence-corrected chi connectivity index (χ2v) is 6.36. The molecule has 128 valence electrons. The average molecular weight is 401 g/mol. The monoisotopic (exact) mass is 400 g/mol. The highest BCUT2D eigenvalue weighted by atomic mass is 79.9. The van der Waals surface area contributed by atoms with Crippen LogP contribution in [0.2, 0.25) is 0 Å². The lowest BCUT2D eigenvalue weighted by atomic mass is 10.0. The van der Waals surface area contributed by atoms with Crippen molar-refractivity contribution in [3.05, 3.63) is 68.2 Å². The maximum absolute atomic E-state index is 10.9. The van der Waals surface area contributed by atoms with Crippen molar-refractivity contribution in [2.75, 3.05) is 0 Å². The fraction of sp³-hybridized carbons (Fsp3) is 0.211. The van der Waals surface area contributed by atoms with Gasteiger partial charge in [0.25, 0.3) is 5.69 Å². The number of allylic oxidation sites excluding steroid dienone is 1. The smallest absolute Gasteiger partial charge is 0.270 e. The van der Waals surface area contributed by atoms with Gasteiger partial charge in [0, 0.05) is 12.1 Å². The minimum absolute atomic E-state index is 0.0443. The summed E-state index contributed by atoms with van der Waals surface area (Å²) in [5, 5.41) is 20.3. The Morgan fingerprint density at radius 2 is 2.16 bits per heavy atom. The molecule has 0 aliphatic rings. The number of rotatable bonds is 6. The zero-order valence-corrected chi connectivity index (χ0v) is 15.5. The molecular formula is C19H17BrN2O3. The van der Waals surface area contributed by atoms with Crippen molar-refractivity contribution in [2.45, 2.75) is 26.4 Å². The van der Waals surface area contributed by atoms with Crippen LogP contribution in [0.15, 0.2) is 46.9 Å². The van der Waals surface area contributed by atoms with E-state index in [-0.39, 0.29) is 11.8 Å². The summed E-state index contributed by atoms with van der Waals surface area (Å²) in [4.78, 5) is 10.4. The van der Waals surface area contributed by atoms with Crippen LogP contribution in [-0.2, 0) is 0 Å². The van der Waals surface area contributed by atoms with Crippen LogP contribution in [0.5, 0.6) is 5.75 Å². The summed E-state index contributed by atoms with van der Waals surface area (Å²) in [6, 6.07) is 13.7. The summed E-state index contributed by atoms with van der Waals surface area (Å²) in [5.41, 5.74) is 1.61. The molecule has 0 heterocycles. The fourth-order valence-corrected chi connectivity index (χ4v) is 2.63. The van der Waals surface area contributed by atoms with Crippen molar-refractivity contribution in [3.63, 3.8) is 0 Å². The van der Waals surface area contributed by atoms with Crippen molar-refractivity contribution in [3.8, 4) is 11.8 Å². The second-order valence-electron chi connectivity index (χ2n) is 5.50. The Balaban J connectivity index is 2.34. The molecule has 0 saturated carbocycles. The highest BCUT2D eigenvalue weighted by molar-refractivity contribution is 9.10. The summed E-state index contributed by atoms with van der Waals surface area (Å²) in [5.74, 6) is 0.736. The molecule has 25 heavy (non-hydrogen) atoms. The molecule has 5 nitrogen and oxygen atoms in total. The van der Waals surface area contributed by atoms with Crippen molar-refractivity contribution < 1.29 is 9.66 Å². The molecule has 0 fully saturated rings. The number of benzene rings is 2. The molecule has 0 aliphatic heterocycles. The van der Waals surface area contributed by atoms with Gasteiger partial charge in [0.05, 0.1) is 27.1 Å². The third-order valence-electron chi connectivity index (χ3n) is 3.66. The summed E-state index contributed by atoms with van der Waals surface area (Å²) in [6.07, 6.45) is 2.70. The quantitative estimate of drug-likeness (QED) is 0.273. The van der Waals surface area contributed by atoms with Crippen molar-refractivity contribution in [1.29, 1.82) is 5.26 Å². The van der Waals surface area contributed by atoms with Gasteiger partial charge in [-0.1, -0.05) is 25.1 Å². The molecule has 0 N–H and O–H groups in total. The molecule has 0 unspecified atom stereocenters. The Hall–Kier alpha value is -2.65. The SMILES string of the molecule is CC[C@@H](C)Oc1ccc(/C=C(/C#N)c2cccc([N+](=O)[O-])c2)cc1Br. The maximum Gasteiger partial charge on any atom is 0.270 e. The molecule has 0 radical (unpaired) electrons. The van der Waals surface area contributed by atoms with Crippen molar-refractivity contribution in [2.24, 2.45) is 0 Å². The molecule has 0 aromatic heterocycles. The lowest BCUT2D eigenvalue weighted by Gasteiger charge is -2.14. The molecule has 2 aromatic rings. The van der Waals surface area contributed by atoms with E-state index in [1.165, 1.54) is 12.1 Å². The Labute approximate surface area is 154 Å². The molecule has 0 spiro atoms. The van der Waals surface area contributed by atoms with Gasteiger partial charge in [-0.15, -0.1) is 0 Å². The lowest BCUT2D eigenvalue weighted by molar-refractivity contribution is -0.384. The van der Waals surface area contributed by atoms with Gasteiger partial charge in [-0.25, -0.2) is 0 Å². The van der Waals surface area contributed by atoms with Gasteiger partial charge in [0.2, 0.25) is 0 Å². The van der Waals surface area contributed by atoms with Crippen LogP contribution in [0.3, 0.4) is 0 Å². The molecule has 1 atom stereocenters. The Morgan fingerprint density at radius 3 is 2.76 bits per heavy atom. The molecule has 2 rings (SSSR count). The standard InChI is InChI=1S/C19H17BrN2O3/c1-3-13(2)25-19-8-7-14(10-18(19)20)9-16(12-21)15-5-4-6-17(11-15)22(23)24/h4-11,13H,3H2,1-2H3/b16-9-/t13-/m1/s1. The molecule has 0 bridgehead atoms. The predicted octanol–water partition coefficient (Wildman–Crippen LogP) is 5.60. The first-order chi connectivity index (χ1) is 11.9. The Kier molecular flexibility index (Phi) is 6.31. The van der Waals surface area contributed by atoms with Crippen LogP contribution in [0, 0.1) is 21.4 Å². The van der Waals surface area contributed by atoms with Gasteiger partial charge in [-0.05, 0) is 58.6 Å². The van der Waals surface area contributed by atoms with Gasteiger partial charge in [0.15, 0.2) is 0 Å². The number of nitrogens with zero attached hydrogens (tertiary/aromatic N) is 2. The molecule has 2 aromatic carbocycles. The van der Waals surface area contributed by atoms with Crippen LogP contribution in [0.1, 0.15) is 31.4 Å². The van der Waals surface area contributed by atoms with E-state index in [9.17, 15) is 15.4 Å². The van der Waals surface area contributed by atoms with E-state index in [0.717, 1.165) is 22.2 Å². The van der Waals surface area contributed by atoms with E-state index < -0.39 is 4.92 Å². The van der Waals surface area contributed by atoms with E-state index in [1.54, 1.807) is 18.2 Å². The number of nitro groups is 1. The number of ether oxygens (including phenoxy) is 1. The topological polar surface area (TPSA) is 76.2 Å². The van der Waals surface area contributed by atoms with E-state index in [0.29, 0.717) is 11.1 Å². The van der Waals surface area contributed by atoms with Crippen LogP contribution in [0.25, 0.3) is 11.6 Å². The van der Waals surface area contributed by atoms with Gasteiger partial charge < -0.3 is 4.74 Å². The predicted molar refractivity (Wildman–Crippen MR) is 101 cm³/mol. The number of nitro benzene ring substituents is 1. The van der Waals surface area contributed by atoms with Gasteiger partial charge in [-0.2, -0.15) is 5.26 Å². The molecule has 0 aliphatic carbocycles. The van der Waals surface area contributed by atoms with Crippen LogP contribution < -0.4 is 4.74 Å². The lowest BCUT2D eigenvalue weighted by Crippen LogP contribution is -2.09. The molecule has 0 saturated heterocycles. The number of hydrogen-bond donors (Lipinski definition) is 0. The molecule has 6 heteroatoms. The largest absolute Gasteiger partial charge is 0.490 e. The average Bonchev–Trinajstić information content (AvgIpc) is 2.61. The molecule has 0 amide bonds. The first-order valence-electron chi connectivity index (χ1n) is 7.77. The molecular weight excluding hydrogens is 384 g/mol. The van der Waals surface area contributed by atoms with E-state index in [1.807, 2.05) is 32.0 Å². The van der Waals surface area contributed by atoms with Crippen molar-refractivity contribution >= 4 is 33.3 Å². The number of nitriles is 1. The first-order valence-corrected chi connectivity index (χ1v) is 8.56. The second kappa shape index (κ2) is 8.45. The highest BCUT2D eigenvalue weighted by Crippen LogP contribution is 2.29. The summed E-state index contributed by atoms with van der Waals surface area (Å²) < 4.78 is 6.59. The minimum Gasteiger partial charge on any atom is -0.490 e. The van der Waals surface area contributed by atoms with Gasteiger partial charge in [0.1, 0.15) is 5.75 Å². The third kappa shape index (κ3) is 4.91. The van der Waals surface area contributed by atoms with E-state index >= 15 is 0 Å². The van der Waals surface area contributed by atoms with Crippen molar-refractivity contribution in [1.82, 2.24) is 0 Å². The summed E-state index contributed by atoms with van der Waals surface area (Å²) >= 11 is 3.48. The van der Waals surface area contributed by atoms with Crippen LogP contribution in [-0.4, -0.2) is 11.0 Å². The maximum atomic E-state index is 10.9. The first kappa shape index (κ1) is 18.7. The summed E-state index contributed by atoms with van der Waals surface area (Å²) in [6.45, 7) is 4.05. The van der Waals surface area contributed by atoms with Crippen LogP contribution in [0.4, 0.5) is 5.69 Å². The zero-order chi connectivity index (χ0) is 18.4. The summed E-state index contributed by atoms with van der Waals surface area (Å²) in [7, 11) is 0. The third-order valence-corrected chi connectivity index (χ3v) is 4.28. The van der Waals surface area contributed by atoms with E-state index in [4.69, 9.17) is 4.74 Å². The number of halogens is 1. The van der Waals surface area contributed by atoms with E-state index in [2.05, 4.69) is 22.0 Å². The van der Waals surface area contributed by atoms with Gasteiger partial charge in [-0.3, -0.25) is 10.1 Å². The zero-order valence-electron chi connectivity index (χ0n) is 13.9. The number of non-ortho nitro benzene ring substituents is 1. The fourth-order valence-electron chi connectivity index (χ4n) is 2.14. The Bertz CT molecular complexity index is 856. The minimum atomic E-state index is -0.476. The highest BCUT2D eigenvalue weighted by Gasteiger charge is 2.10. The number of hydrogen-bond acceptors (Lipinski definition) is 4. The normalized spacial score (nSPS) is 12.3. The van der Waals surface area contributed by atoms with Gasteiger partial charge >= 0.3 is 0 Å². The Morgan fingerprint density at radius 1 is 1.40 bits per heavy atom. The van der Waals surface area contributed by atoms with Crippen LogP contribution >= 0.6 is 15.9 Å².